The molecule has 0 radical (unpaired) electrons. The van der Waals surface area contributed by atoms with Crippen molar-refractivity contribution in [2.75, 3.05) is 26.8 Å². The lowest BCUT2D eigenvalue weighted by Gasteiger charge is -2.20. The van der Waals surface area contributed by atoms with E-state index in [9.17, 15) is 14.0 Å². The molecule has 0 heterocycles. The van der Waals surface area contributed by atoms with E-state index in [1.54, 1.807) is 0 Å². The van der Waals surface area contributed by atoms with E-state index < -0.39 is 24.2 Å². The van der Waals surface area contributed by atoms with Gasteiger partial charge in [-0.05, 0) is 34.1 Å². The van der Waals surface area contributed by atoms with Gasteiger partial charge in [-0.15, -0.1) is 0 Å². The van der Waals surface area contributed by atoms with Crippen molar-refractivity contribution in [3.8, 4) is 0 Å². The van der Waals surface area contributed by atoms with Crippen LogP contribution in [0, 0.1) is 5.82 Å². The van der Waals surface area contributed by atoms with E-state index in [2.05, 4.69) is 15.9 Å². The number of ether oxygens (including phenoxy) is 1. The fraction of sp³-hybridized carbons (Fsp3) is 0.333. The van der Waals surface area contributed by atoms with Gasteiger partial charge in [0.15, 0.2) is 0 Å². The zero-order valence-corrected chi connectivity index (χ0v) is 11.8. The molecule has 1 aromatic carbocycles. The van der Waals surface area contributed by atoms with Crippen LogP contribution in [-0.2, 0) is 9.53 Å². The summed E-state index contributed by atoms with van der Waals surface area (Å²) in [5.41, 5.74) is 0.0954. The molecule has 0 fully saturated rings. The summed E-state index contributed by atoms with van der Waals surface area (Å²) in [4.78, 5) is 23.9. The Balaban J connectivity index is 2.90. The van der Waals surface area contributed by atoms with E-state index in [1.807, 2.05) is 0 Å². The van der Waals surface area contributed by atoms with Crippen molar-refractivity contribution >= 4 is 27.8 Å². The van der Waals surface area contributed by atoms with Crippen molar-refractivity contribution in [3.05, 3.63) is 34.1 Å². The molecule has 0 spiro atoms. The predicted molar refractivity (Wildman–Crippen MR) is 69.5 cm³/mol. The summed E-state index contributed by atoms with van der Waals surface area (Å²) in [6.45, 7) is -0.128. The predicted octanol–water partition coefficient (Wildman–Crippen LogP) is 1.76. The Morgan fingerprint density at radius 1 is 1.47 bits per heavy atom. The topological polar surface area (TPSA) is 66.8 Å². The number of halogens is 2. The van der Waals surface area contributed by atoms with Crippen LogP contribution in [0.2, 0.25) is 0 Å². The van der Waals surface area contributed by atoms with E-state index in [-0.39, 0.29) is 23.2 Å². The Kier molecular flexibility index (Phi) is 5.91. The van der Waals surface area contributed by atoms with Crippen LogP contribution in [0.4, 0.5) is 4.39 Å². The summed E-state index contributed by atoms with van der Waals surface area (Å²) < 4.78 is 18.4. The van der Waals surface area contributed by atoms with Gasteiger partial charge in [-0.25, -0.2) is 4.39 Å². The Morgan fingerprint density at radius 3 is 2.68 bits per heavy atom. The van der Waals surface area contributed by atoms with Crippen LogP contribution >= 0.6 is 15.9 Å². The maximum absolute atomic E-state index is 13.4. The van der Waals surface area contributed by atoms with E-state index in [1.165, 1.54) is 19.2 Å². The van der Waals surface area contributed by atoms with Crippen LogP contribution in [-0.4, -0.2) is 48.7 Å². The van der Waals surface area contributed by atoms with Gasteiger partial charge in [0, 0.05) is 19.2 Å². The molecule has 5 nitrogen and oxygen atoms in total. The van der Waals surface area contributed by atoms with Gasteiger partial charge in [0.05, 0.1) is 11.1 Å². The van der Waals surface area contributed by atoms with Crippen molar-refractivity contribution in [2.45, 2.75) is 0 Å². The molecule has 0 aliphatic heterocycles. The average Bonchev–Trinajstić information content (AvgIpc) is 2.36. The zero-order valence-electron chi connectivity index (χ0n) is 10.2. The Hall–Kier alpha value is -1.47. The summed E-state index contributed by atoms with van der Waals surface area (Å²) >= 11 is 2.98. The normalized spacial score (nSPS) is 10.3. The van der Waals surface area contributed by atoms with Crippen LogP contribution in [0.5, 0.6) is 0 Å². The fourth-order valence-corrected chi connectivity index (χ4v) is 1.68. The van der Waals surface area contributed by atoms with Crippen molar-refractivity contribution in [2.24, 2.45) is 0 Å². The summed E-state index contributed by atoms with van der Waals surface area (Å²) in [5, 5.41) is 8.76. The molecule has 1 aromatic rings. The Labute approximate surface area is 118 Å². The summed E-state index contributed by atoms with van der Waals surface area (Å²) in [7, 11) is 1.45. The minimum atomic E-state index is -1.14. The number of benzene rings is 1. The first-order valence-electron chi connectivity index (χ1n) is 5.40. The highest BCUT2D eigenvalue weighted by Gasteiger charge is 2.19. The van der Waals surface area contributed by atoms with Gasteiger partial charge in [-0.1, -0.05) is 0 Å². The average molecular weight is 334 g/mol. The number of methoxy groups -OCH3 is 1. The number of carboxylic acid groups (broad SMARTS) is 1. The van der Waals surface area contributed by atoms with E-state index in [0.29, 0.717) is 0 Å². The summed E-state index contributed by atoms with van der Waals surface area (Å²) in [5.74, 6) is -2.26. The van der Waals surface area contributed by atoms with Gasteiger partial charge in [-0.2, -0.15) is 0 Å². The molecule has 7 heteroatoms. The Morgan fingerprint density at radius 2 is 2.16 bits per heavy atom. The number of nitrogens with zero attached hydrogens (tertiary/aromatic N) is 1. The lowest BCUT2D eigenvalue weighted by atomic mass is 10.2. The third kappa shape index (κ3) is 4.60. The number of amides is 1. The largest absolute Gasteiger partial charge is 0.480 e. The van der Waals surface area contributed by atoms with Crippen LogP contribution in [0.1, 0.15) is 10.4 Å². The van der Waals surface area contributed by atoms with Gasteiger partial charge in [0.2, 0.25) is 0 Å². The number of hydrogen-bond donors (Lipinski definition) is 1. The molecule has 1 rings (SSSR count). The van der Waals surface area contributed by atoms with E-state index >= 15 is 0 Å². The third-order valence-electron chi connectivity index (χ3n) is 2.35. The van der Waals surface area contributed by atoms with Crippen LogP contribution in [0.3, 0.4) is 0 Å². The van der Waals surface area contributed by atoms with E-state index in [0.717, 1.165) is 11.0 Å². The molecule has 0 aromatic heterocycles. The highest BCUT2D eigenvalue weighted by Crippen LogP contribution is 2.17. The molecular formula is C12H13BrFNO4. The molecule has 0 atom stereocenters. The van der Waals surface area contributed by atoms with Crippen LogP contribution < -0.4 is 0 Å². The first kappa shape index (κ1) is 15.6. The standard InChI is InChI=1S/C12H13BrFNO4/c1-19-5-4-15(7-11(16)17)12(18)8-2-3-9(13)10(14)6-8/h2-3,6H,4-5,7H2,1H3,(H,16,17). The minimum absolute atomic E-state index is 0.0954. The molecule has 0 aliphatic rings. The molecule has 1 N–H and O–H groups in total. The first-order valence-corrected chi connectivity index (χ1v) is 6.20. The van der Waals surface area contributed by atoms with Gasteiger partial charge in [-0.3, -0.25) is 9.59 Å². The van der Waals surface area contributed by atoms with Gasteiger partial charge < -0.3 is 14.7 Å². The van der Waals surface area contributed by atoms with Crippen molar-refractivity contribution < 1.29 is 23.8 Å². The molecule has 0 aliphatic carbocycles. The number of hydrogen-bond acceptors (Lipinski definition) is 3. The lowest BCUT2D eigenvalue weighted by Crippen LogP contribution is -2.38. The number of aliphatic carboxylic acids is 1. The minimum Gasteiger partial charge on any atom is -0.480 e. The molecule has 19 heavy (non-hydrogen) atoms. The van der Waals surface area contributed by atoms with Crippen molar-refractivity contribution in [3.63, 3.8) is 0 Å². The second-order valence-electron chi connectivity index (χ2n) is 3.74. The first-order chi connectivity index (χ1) is 8.95. The molecule has 0 saturated carbocycles. The monoisotopic (exact) mass is 333 g/mol. The summed E-state index contributed by atoms with van der Waals surface area (Å²) in [6.07, 6.45) is 0. The maximum atomic E-state index is 13.4. The highest BCUT2D eigenvalue weighted by atomic mass is 79.9. The van der Waals surface area contributed by atoms with Crippen molar-refractivity contribution in [1.29, 1.82) is 0 Å². The molecule has 0 unspecified atom stereocenters. The lowest BCUT2D eigenvalue weighted by molar-refractivity contribution is -0.137. The van der Waals surface area contributed by atoms with Crippen LogP contribution in [0.25, 0.3) is 0 Å². The molecule has 104 valence electrons. The van der Waals surface area contributed by atoms with E-state index in [4.69, 9.17) is 9.84 Å². The fourth-order valence-electron chi connectivity index (χ4n) is 1.43. The smallest absolute Gasteiger partial charge is 0.323 e. The van der Waals surface area contributed by atoms with Gasteiger partial charge in [0.1, 0.15) is 12.4 Å². The maximum Gasteiger partial charge on any atom is 0.323 e. The number of rotatable bonds is 6. The van der Waals surface area contributed by atoms with Gasteiger partial charge in [0.25, 0.3) is 5.91 Å². The highest BCUT2D eigenvalue weighted by molar-refractivity contribution is 9.10. The second-order valence-corrected chi connectivity index (χ2v) is 4.60. The molecular weight excluding hydrogens is 321 g/mol. The second kappa shape index (κ2) is 7.20. The molecule has 0 bridgehead atoms. The van der Waals surface area contributed by atoms with Crippen LogP contribution in [0.15, 0.2) is 22.7 Å². The summed E-state index contributed by atoms with van der Waals surface area (Å²) in [6, 6.07) is 3.89. The molecule has 1 amide bonds. The number of carbonyl (C=O) groups is 2. The number of carboxylic acids is 1. The number of carbonyl (C=O) groups excluding carboxylic acids is 1. The van der Waals surface area contributed by atoms with Gasteiger partial charge >= 0.3 is 5.97 Å². The Bertz CT molecular complexity index is 481. The third-order valence-corrected chi connectivity index (χ3v) is 2.99. The van der Waals surface area contributed by atoms with Crippen molar-refractivity contribution in [1.82, 2.24) is 4.90 Å². The zero-order chi connectivity index (χ0) is 14.4. The molecule has 0 saturated heterocycles. The SMILES string of the molecule is COCCN(CC(=O)O)C(=O)c1ccc(Br)c(F)c1. The quantitative estimate of drug-likeness (QED) is 0.861.